The number of thiazole rings is 2. The van der Waals surface area contributed by atoms with Crippen LogP contribution in [0.4, 0.5) is 5.13 Å². The van der Waals surface area contributed by atoms with Gasteiger partial charge in [0.25, 0.3) is 5.91 Å². The molecule has 29 heavy (non-hydrogen) atoms. The summed E-state index contributed by atoms with van der Waals surface area (Å²) in [6.45, 7) is 0.572. The van der Waals surface area contributed by atoms with E-state index in [0.717, 1.165) is 26.5 Å². The SMILES string of the molecule is O=C(Nc1nc2ccccc2s1)C1CCCN1C(=O)c1cnc(-c2cccs2)s1. The highest BCUT2D eigenvalue weighted by Crippen LogP contribution is 2.31. The van der Waals surface area contributed by atoms with Gasteiger partial charge in [-0.15, -0.1) is 22.7 Å². The number of hydrogen-bond acceptors (Lipinski definition) is 7. The van der Waals surface area contributed by atoms with Crippen molar-refractivity contribution in [1.82, 2.24) is 14.9 Å². The summed E-state index contributed by atoms with van der Waals surface area (Å²) in [6, 6.07) is 11.2. The fourth-order valence-electron chi connectivity index (χ4n) is 3.43. The van der Waals surface area contributed by atoms with Crippen molar-refractivity contribution in [1.29, 1.82) is 0 Å². The normalized spacial score (nSPS) is 16.4. The first-order valence-electron chi connectivity index (χ1n) is 9.16. The molecule has 6 nitrogen and oxygen atoms in total. The van der Waals surface area contributed by atoms with Gasteiger partial charge in [0.05, 0.1) is 21.3 Å². The van der Waals surface area contributed by atoms with Crippen molar-refractivity contribution in [3.05, 3.63) is 52.9 Å². The highest BCUT2D eigenvalue weighted by Gasteiger charge is 2.35. The van der Waals surface area contributed by atoms with Crippen LogP contribution in [0.3, 0.4) is 0 Å². The van der Waals surface area contributed by atoms with Gasteiger partial charge >= 0.3 is 0 Å². The minimum Gasteiger partial charge on any atom is -0.326 e. The van der Waals surface area contributed by atoms with Gasteiger partial charge < -0.3 is 10.2 Å². The summed E-state index contributed by atoms with van der Waals surface area (Å²) in [4.78, 5) is 38.0. The molecule has 1 fully saturated rings. The van der Waals surface area contributed by atoms with Gasteiger partial charge in [-0.3, -0.25) is 9.59 Å². The first-order chi connectivity index (χ1) is 14.2. The average molecular weight is 441 g/mol. The van der Waals surface area contributed by atoms with E-state index in [1.54, 1.807) is 22.4 Å². The maximum absolute atomic E-state index is 13.0. The molecule has 0 spiro atoms. The number of thiophene rings is 1. The molecule has 0 bridgehead atoms. The number of aromatic nitrogens is 2. The Bertz CT molecular complexity index is 1150. The van der Waals surface area contributed by atoms with Crippen LogP contribution in [0.15, 0.2) is 48.0 Å². The van der Waals surface area contributed by atoms with E-state index in [1.165, 1.54) is 22.7 Å². The first kappa shape index (κ1) is 18.4. The number of likely N-dealkylation sites (tertiary alicyclic amines) is 1. The number of amides is 2. The number of benzene rings is 1. The molecule has 2 amide bonds. The lowest BCUT2D eigenvalue weighted by molar-refractivity contribution is -0.119. The van der Waals surface area contributed by atoms with E-state index >= 15 is 0 Å². The number of anilines is 1. The number of fused-ring (bicyclic) bond motifs is 1. The van der Waals surface area contributed by atoms with Crippen molar-refractivity contribution in [2.75, 3.05) is 11.9 Å². The molecule has 9 heteroatoms. The summed E-state index contributed by atoms with van der Waals surface area (Å²) in [5.74, 6) is -0.315. The molecular weight excluding hydrogens is 424 g/mol. The molecule has 4 aromatic rings. The van der Waals surface area contributed by atoms with Gasteiger partial charge in [0.2, 0.25) is 5.91 Å². The summed E-state index contributed by atoms with van der Waals surface area (Å²) in [5.41, 5.74) is 0.859. The van der Waals surface area contributed by atoms with Crippen molar-refractivity contribution in [3.63, 3.8) is 0 Å². The fraction of sp³-hybridized carbons (Fsp3) is 0.200. The van der Waals surface area contributed by atoms with Crippen molar-refractivity contribution in [3.8, 4) is 9.88 Å². The molecule has 5 rings (SSSR count). The van der Waals surface area contributed by atoms with Crippen LogP contribution in [0, 0.1) is 0 Å². The Morgan fingerprint density at radius 2 is 2.03 bits per heavy atom. The van der Waals surface area contributed by atoms with E-state index in [0.29, 0.717) is 23.0 Å². The van der Waals surface area contributed by atoms with E-state index in [4.69, 9.17) is 0 Å². The summed E-state index contributed by atoms with van der Waals surface area (Å²) >= 11 is 4.41. The number of para-hydroxylation sites is 1. The topological polar surface area (TPSA) is 75.2 Å². The third-order valence-corrected chi connectivity index (χ3v) is 7.77. The van der Waals surface area contributed by atoms with E-state index in [2.05, 4.69) is 15.3 Å². The van der Waals surface area contributed by atoms with Crippen molar-refractivity contribution >= 4 is 61.2 Å². The van der Waals surface area contributed by atoms with Gasteiger partial charge in [-0.2, -0.15) is 0 Å². The standard InChI is InChI=1S/C20H16N4O2S3/c25-17(23-20-22-12-5-1-2-7-14(12)29-20)13-6-3-9-24(13)19(26)16-11-21-18(28-16)15-8-4-10-27-15/h1-2,4-5,7-8,10-11,13H,3,6,9H2,(H,22,23,25). The van der Waals surface area contributed by atoms with Gasteiger partial charge in [0.1, 0.15) is 15.9 Å². The maximum atomic E-state index is 13.0. The highest BCUT2D eigenvalue weighted by molar-refractivity contribution is 7.22. The van der Waals surface area contributed by atoms with Crippen LogP contribution in [0.1, 0.15) is 22.5 Å². The quantitative estimate of drug-likeness (QED) is 0.498. The van der Waals surface area contributed by atoms with Crippen molar-refractivity contribution < 1.29 is 9.59 Å². The van der Waals surface area contributed by atoms with Gasteiger partial charge in [0.15, 0.2) is 5.13 Å². The zero-order valence-electron chi connectivity index (χ0n) is 15.2. The Kier molecular flexibility index (Phi) is 4.86. The molecule has 4 heterocycles. The van der Waals surface area contributed by atoms with E-state index in [1.807, 2.05) is 41.8 Å². The van der Waals surface area contributed by atoms with Gasteiger partial charge in [-0.1, -0.05) is 29.5 Å². The van der Waals surface area contributed by atoms with Crippen LogP contribution < -0.4 is 5.32 Å². The minimum absolute atomic E-state index is 0.132. The number of carbonyl (C=O) groups is 2. The molecule has 0 aliphatic carbocycles. The Morgan fingerprint density at radius 1 is 1.14 bits per heavy atom. The van der Waals surface area contributed by atoms with Crippen LogP contribution >= 0.6 is 34.0 Å². The number of hydrogen-bond donors (Lipinski definition) is 1. The summed E-state index contributed by atoms with van der Waals surface area (Å²) < 4.78 is 1.02. The van der Waals surface area contributed by atoms with E-state index < -0.39 is 6.04 Å². The molecule has 3 aromatic heterocycles. The molecule has 1 saturated heterocycles. The average Bonchev–Trinajstić information content (AvgIpc) is 3.53. The highest BCUT2D eigenvalue weighted by atomic mass is 32.1. The summed E-state index contributed by atoms with van der Waals surface area (Å²) in [6.07, 6.45) is 3.07. The Balaban J connectivity index is 1.32. The second-order valence-electron chi connectivity index (χ2n) is 6.64. The van der Waals surface area contributed by atoms with Crippen LogP contribution in [0.5, 0.6) is 0 Å². The molecule has 146 valence electrons. The molecule has 1 aliphatic rings. The number of nitrogens with one attached hydrogen (secondary N) is 1. The molecule has 0 radical (unpaired) electrons. The van der Waals surface area contributed by atoms with Crippen LogP contribution in [0.25, 0.3) is 20.1 Å². The Labute approximate surface area is 178 Å². The van der Waals surface area contributed by atoms with E-state index in [-0.39, 0.29) is 11.8 Å². The summed E-state index contributed by atoms with van der Waals surface area (Å²) in [5, 5.41) is 6.28. The smallest absolute Gasteiger partial charge is 0.266 e. The molecular formula is C20H16N4O2S3. The maximum Gasteiger partial charge on any atom is 0.266 e. The largest absolute Gasteiger partial charge is 0.326 e. The van der Waals surface area contributed by atoms with Gasteiger partial charge in [-0.25, -0.2) is 9.97 Å². The Hall–Kier alpha value is -2.62. The first-order valence-corrected chi connectivity index (χ1v) is 11.7. The number of rotatable bonds is 4. The molecule has 1 aliphatic heterocycles. The third kappa shape index (κ3) is 3.57. The van der Waals surface area contributed by atoms with Gasteiger partial charge in [-0.05, 0) is 36.4 Å². The monoisotopic (exact) mass is 440 g/mol. The predicted octanol–water partition coefficient (Wildman–Crippen LogP) is 4.72. The van der Waals surface area contributed by atoms with Crippen molar-refractivity contribution in [2.45, 2.75) is 18.9 Å². The second kappa shape index (κ2) is 7.66. The molecule has 1 unspecified atom stereocenters. The van der Waals surface area contributed by atoms with E-state index in [9.17, 15) is 9.59 Å². The lowest BCUT2D eigenvalue weighted by Gasteiger charge is -2.22. The van der Waals surface area contributed by atoms with Crippen LogP contribution in [0.2, 0.25) is 0 Å². The molecule has 1 atom stereocenters. The lowest BCUT2D eigenvalue weighted by atomic mass is 10.2. The third-order valence-electron chi connectivity index (χ3n) is 4.79. The van der Waals surface area contributed by atoms with Gasteiger partial charge in [0, 0.05) is 6.54 Å². The number of nitrogens with zero attached hydrogens (tertiary/aromatic N) is 3. The minimum atomic E-state index is -0.484. The number of carbonyl (C=O) groups excluding carboxylic acids is 2. The predicted molar refractivity (Wildman–Crippen MR) is 118 cm³/mol. The van der Waals surface area contributed by atoms with Crippen molar-refractivity contribution in [2.24, 2.45) is 0 Å². The molecule has 0 saturated carbocycles. The lowest BCUT2D eigenvalue weighted by Crippen LogP contribution is -2.42. The van der Waals surface area contributed by atoms with Crippen LogP contribution in [-0.2, 0) is 4.79 Å². The fourth-order valence-corrected chi connectivity index (χ4v) is 5.97. The molecule has 1 N–H and O–H groups in total. The zero-order valence-corrected chi connectivity index (χ0v) is 17.6. The van der Waals surface area contributed by atoms with Crippen LogP contribution in [-0.4, -0.2) is 39.3 Å². The zero-order chi connectivity index (χ0) is 19.8. The Morgan fingerprint density at radius 3 is 2.86 bits per heavy atom. The molecule has 1 aromatic carbocycles. The summed E-state index contributed by atoms with van der Waals surface area (Å²) in [7, 11) is 0. The second-order valence-corrected chi connectivity index (χ2v) is 9.65.